The number of ether oxygens (including phenoxy) is 1. The van der Waals surface area contributed by atoms with Crippen LogP contribution in [-0.4, -0.2) is 35.0 Å². The number of carbonyl (C=O) groups excluding carboxylic acids is 2. The largest absolute Gasteiger partial charge is 0.465 e. The highest BCUT2D eigenvalue weighted by molar-refractivity contribution is 6.03. The summed E-state index contributed by atoms with van der Waals surface area (Å²) in [4.78, 5) is 32.6. The third-order valence-corrected chi connectivity index (χ3v) is 4.37. The van der Waals surface area contributed by atoms with Gasteiger partial charge in [0.15, 0.2) is 0 Å². The van der Waals surface area contributed by atoms with Crippen LogP contribution in [0.4, 0.5) is 11.6 Å². The van der Waals surface area contributed by atoms with Crippen LogP contribution >= 0.6 is 0 Å². The maximum absolute atomic E-state index is 12.5. The predicted octanol–water partition coefficient (Wildman–Crippen LogP) is 3.26. The number of carbonyl (C=O) groups is 2. The molecule has 1 aliphatic carbocycles. The molecule has 0 radical (unpaired) electrons. The number of esters is 1. The molecule has 7 heteroatoms. The molecular formula is C19H22N4O3. The van der Waals surface area contributed by atoms with E-state index in [1.54, 1.807) is 36.5 Å². The smallest absolute Gasteiger partial charge is 0.337 e. The fourth-order valence-corrected chi connectivity index (χ4v) is 3.02. The van der Waals surface area contributed by atoms with Crippen molar-refractivity contribution in [2.24, 2.45) is 0 Å². The van der Waals surface area contributed by atoms with Crippen LogP contribution in [0.5, 0.6) is 0 Å². The number of aromatic nitrogens is 2. The highest BCUT2D eigenvalue weighted by atomic mass is 16.5. The van der Waals surface area contributed by atoms with Crippen molar-refractivity contribution >= 4 is 23.5 Å². The molecule has 0 aliphatic heterocycles. The van der Waals surface area contributed by atoms with Crippen LogP contribution in [0.1, 0.15) is 53.0 Å². The highest BCUT2D eigenvalue weighted by Crippen LogP contribution is 2.20. The van der Waals surface area contributed by atoms with Crippen molar-refractivity contribution < 1.29 is 14.3 Å². The van der Waals surface area contributed by atoms with Gasteiger partial charge in [-0.2, -0.15) is 0 Å². The molecule has 1 saturated carbocycles. The molecule has 0 saturated heterocycles. The molecule has 2 aromatic rings. The van der Waals surface area contributed by atoms with E-state index in [9.17, 15) is 9.59 Å². The van der Waals surface area contributed by atoms with Crippen molar-refractivity contribution in [2.45, 2.75) is 38.1 Å². The van der Waals surface area contributed by atoms with Crippen LogP contribution in [0.25, 0.3) is 0 Å². The molecule has 1 fully saturated rings. The number of anilines is 2. The summed E-state index contributed by atoms with van der Waals surface area (Å²) in [5.41, 5.74) is 1.13. The second-order valence-electron chi connectivity index (χ2n) is 6.27. The Kier molecular flexibility index (Phi) is 5.78. The maximum atomic E-state index is 12.5. The molecule has 1 amide bonds. The molecule has 0 bridgehead atoms. The molecule has 26 heavy (non-hydrogen) atoms. The summed E-state index contributed by atoms with van der Waals surface area (Å²) in [6.45, 7) is 0. The summed E-state index contributed by atoms with van der Waals surface area (Å²) in [6, 6.07) is 8.49. The number of benzene rings is 1. The minimum Gasteiger partial charge on any atom is -0.465 e. The first-order valence-corrected chi connectivity index (χ1v) is 8.75. The van der Waals surface area contributed by atoms with Gasteiger partial charge in [0, 0.05) is 17.9 Å². The van der Waals surface area contributed by atoms with E-state index >= 15 is 0 Å². The Morgan fingerprint density at radius 2 is 1.96 bits per heavy atom. The molecule has 1 aromatic heterocycles. The summed E-state index contributed by atoms with van der Waals surface area (Å²) < 4.78 is 4.69. The maximum Gasteiger partial charge on any atom is 0.337 e. The summed E-state index contributed by atoms with van der Waals surface area (Å²) >= 11 is 0. The van der Waals surface area contributed by atoms with E-state index in [2.05, 4.69) is 25.3 Å². The molecule has 136 valence electrons. The summed E-state index contributed by atoms with van der Waals surface area (Å²) in [6.07, 6.45) is 7.44. The van der Waals surface area contributed by atoms with E-state index in [0.717, 1.165) is 12.8 Å². The lowest BCUT2D eigenvalue weighted by Gasteiger charge is -2.22. The fourth-order valence-electron chi connectivity index (χ4n) is 3.02. The van der Waals surface area contributed by atoms with E-state index in [1.165, 1.54) is 26.4 Å². The van der Waals surface area contributed by atoms with Gasteiger partial charge in [-0.3, -0.25) is 4.79 Å². The van der Waals surface area contributed by atoms with Gasteiger partial charge >= 0.3 is 5.97 Å². The van der Waals surface area contributed by atoms with Gasteiger partial charge in [0.05, 0.1) is 12.7 Å². The first-order valence-electron chi connectivity index (χ1n) is 8.75. The molecule has 2 N–H and O–H groups in total. The van der Waals surface area contributed by atoms with Crippen LogP contribution < -0.4 is 10.6 Å². The Morgan fingerprint density at radius 1 is 1.15 bits per heavy atom. The monoisotopic (exact) mass is 354 g/mol. The summed E-state index contributed by atoms with van der Waals surface area (Å²) in [7, 11) is 1.31. The van der Waals surface area contributed by atoms with Gasteiger partial charge < -0.3 is 15.4 Å². The van der Waals surface area contributed by atoms with E-state index in [-0.39, 0.29) is 11.6 Å². The Balaban J connectivity index is 1.68. The van der Waals surface area contributed by atoms with Gasteiger partial charge in [-0.05, 0) is 37.1 Å². The third-order valence-electron chi connectivity index (χ3n) is 4.37. The number of rotatable bonds is 5. The van der Waals surface area contributed by atoms with Crippen molar-refractivity contribution in [3.63, 3.8) is 0 Å². The molecular weight excluding hydrogens is 332 g/mol. The van der Waals surface area contributed by atoms with Crippen LogP contribution in [0.2, 0.25) is 0 Å². The predicted molar refractivity (Wildman–Crippen MR) is 98.3 cm³/mol. The lowest BCUT2D eigenvalue weighted by molar-refractivity contribution is 0.0600. The second-order valence-corrected chi connectivity index (χ2v) is 6.27. The van der Waals surface area contributed by atoms with Crippen LogP contribution in [0, 0.1) is 0 Å². The van der Waals surface area contributed by atoms with E-state index in [1.807, 2.05) is 0 Å². The van der Waals surface area contributed by atoms with Crippen molar-refractivity contribution in [1.29, 1.82) is 0 Å². The van der Waals surface area contributed by atoms with Gasteiger partial charge in [-0.1, -0.05) is 25.3 Å². The molecule has 0 unspecified atom stereocenters. The summed E-state index contributed by atoms with van der Waals surface area (Å²) in [5.74, 6) is -0.351. The zero-order chi connectivity index (χ0) is 18.4. The normalized spacial score (nSPS) is 14.5. The second kappa shape index (κ2) is 8.42. The Labute approximate surface area is 152 Å². The molecule has 0 spiro atoms. The van der Waals surface area contributed by atoms with Crippen molar-refractivity contribution in [3.05, 3.63) is 47.8 Å². The van der Waals surface area contributed by atoms with E-state index < -0.39 is 5.97 Å². The third kappa shape index (κ3) is 4.56. The van der Waals surface area contributed by atoms with Crippen molar-refractivity contribution in [2.75, 3.05) is 17.7 Å². The van der Waals surface area contributed by atoms with E-state index in [4.69, 9.17) is 0 Å². The lowest BCUT2D eigenvalue weighted by Crippen LogP contribution is -2.24. The molecule has 0 atom stereocenters. The zero-order valence-electron chi connectivity index (χ0n) is 14.7. The Bertz CT molecular complexity index is 788. The topological polar surface area (TPSA) is 93.2 Å². The van der Waals surface area contributed by atoms with Crippen molar-refractivity contribution in [1.82, 2.24) is 9.97 Å². The number of methoxy groups -OCH3 is 1. The van der Waals surface area contributed by atoms with Gasteiger partial charge in [0.2, 0.25) is 5.95 Å². The van der Waals surface area contributed by atoms with Crippen LogP contribution in [-0.2, 0) is 4.74 Å². The fraction of sp³-hybridized carbons (Fsp3) is 0.368. The quantitative estimate of drug-likeness (QED) is 0.801. The molecule has 1 aliphatic rings. The number of hydrogen-bond acceptors (Lipinski definition) is 6. The minimum atomic E-state index is -0.456. The SMILES string of the molecule is COC(=O)c1cccc(NC(=O)c2ccnc(NC3CCCCC3)n2)c1. The molecule has 1 aromatic carbocycles. The van der Waals surface area contributed by atoms with Crippen LogP contribution in [0.15, 0.2) is 36.5 Å². The Morgan fingerprint density at radius 3 is 2.73 bits per heavy atom. The van der Waals surface area contributed by atoms with Crippen molar-refractivity contribution in [3.8, 4) is 0 Å². The molecule has 1 heterocycles. The molecule has 3 rings (SSSR count). The van der Waals surface area contributed by atoms with Crippen LogP contribution in [0.3, 0.4) is 0 Å². The van der Waals surface area contributed by atoms with Gasteiger partial charge in [-0.15, -0.1) is 0 Å². The average Bonchev–Trinajstić information content (AvgIpc) is 2.68. The number of nitrogens with one attached hydrogen (secondary N) is 2. The molecule has 7 nitrogen and oxygen atoms in total. The number of nitrogens with zero attached hydrogens (tertiary/aromatic N) is 2. The lowest BCUT2D eigenvalue weighted by atomic mass is 9.96. The average molecular weight is 354 g/mol. The van der Waals surface area contributed by atoms with Gasteiger partial charge in [-0.25, -0.2) is 14.8 Å². The first kappa shape index (κ1) is 17.8. The summed E-state index contributed by atoms with van der Waals surface area (Å²) in [5, 5.41) is 6.05. The van der Waals surface area contributed by atoms with Gasteiger partial charge in [0.1, 0.15) is 5.69 Å². The Hall–Kier alpha value is -2.96. The first-order chi connectivity index (χ1) is 12.7. The highest BCUT2D eigenvalue weighted by Gasteiger charge is 2.16. The number of amides is 1. The zero-order valence-corrected chi connectivity index (χ0v) is 14.7. The number of hydrogen-bond donors (Lipinski definition) is 2. The minimum absolute atomic E-state index is 0.266. The van der Waals surface area contributed by atoms with E-state index in [0.29, 0.717) is 23.2 Å². The standard InChI is InChI=1S/C19H22N4O3/c1-26-18(25)13-6-5-9-15(12-13)21-17(24)16-10-11-20-19(23-16)22-14-7-3-2-4-8-14/h5-6,9-12,14H,2-4,7-8H2,1H3,(H,21,24)(H,20,22,23). The van der Waals surface area contributed by atoms with Gasteiger partial charge in [0.25, 0.3) is 5.91 Å².